The number of carbonyl (C=O) groups is 2. The van der Waals surface area contributed by atoms with Gasteiger partial charge < -0.3 is 10.1 Å². The van der Waals surface area contributed by atoms with Crippen molar-refractivity contribution >= 4 is 27.8 Å². The fourth-order valence-electron chi connectivity index (χ4n) is 1.09. The van der Waals surface area contributed by atoms with Gasteiger partial charge in [-0.1, -0.05) is 34.1 Å². The summed E-state index contributed by atoms with van der Waals surface area (Å²) in [5.74, 6) is -0.623. The number of benzene rings is 1. The number of methoxy groups -OCH3 is 1. The van der Waals surface area contributed by atoms with Gasteiger partial charge in [-0.15, -0.1) is 0 Å². The van der Waals surface area contributed by atoms with E-state index in [4.69, 9.17) is 0 Å². The summed E-state index contributed by atoms with van der Waals surface area (Å²) in [6.07, 6.45) is 0. The zero-order valence-corrected chi connectivity index (χ0v) is 10.4. The number of hydrogen-bond acceptors (Lipinski definition) is 3. The SMILES string of the molecule is COC(=O)C(Br)CNC(=O)c1ccccc1. The van der Waals surface area contributed by atoms with Gasteiger partial charge in [0.05, 0.1) is 7.11 Å². The van der Waals surface area contributed by atoms with Gasteiger partial charge in [-0.3, -0.25) is 9.59 Å². The molecule has 1 rings (SSSR count). The van der Waals surface area contributed by atoms with Gasteiger partial charge in [0, 0.05) is 12.1 Å². The predicted octanol–water partition coefficient (Wildman–Crippen LogP) is 1.35. The van der Waals surface area contributed by atoms with Crippen molar-refractivity contribution in [3.05, 3.63) is 35.9 Å². The van der Waals surface area contributed by atoms with Crippen molar-refractivity contribution in [3.63, 3.8) is 0 Å². The van der Waals surface area contributed by atoms with Crippen molar-refractivity contribution in [2.75, 3.05) is 13.7 Å². The first-order valence-corrected chi connectivity index (χ1v) is 5.62. The number of esters is 1. The van der Waals surface area contributed by atoms with Crippen LogP contribution in [-0.2, 0) is 9.53 Å². The summed E-state index contributed by atoms with van der Waals surface area (Å²) < 4.78 is 4.51. The Bertz CT molecular complexity index is 367. The molecule has 0 spiro atoms. The van der Waals surface area contributed by atoms with Crippen LogP contribution < -0.4 is 5.32 Å². The largest absolute Gasteiger partial charge is 0.468 e. The molecule has 0 aliphatic heterocycles. The Labute approximate surface area is 102 Å². The maximum Gasteiger partial charge on any atom is 0.321 e. The van der Waals surface area contributed by atoms with Crippen molar-refractivity contribution < 1.29 is 14.3 Å². The molecule has 4 nitrogen and oxygen atoms in total. The number of nitrogens with one attached hydrogen (secondary N) is 1. The van der Waals surface area contributed by atoms with E-state index in [-0.39, 0.29) is 12.5 Å². The molecular weight excluding hydrogens is 274 g/mol. The third-order valence-electron chi connectivity index (χ3n) is 1.93. The smallest absolute Gasteiger partial charge is 0.321 e. The topological polar surface area (TPSA) is 55.4 Å². The van der Waals surface area contributed by atoms with Crippen molar-refractivity contribution in [2.45, 2.75) is 4.83 Å². The van der Waals surface area contributed by atoms with Gasteiger partial charge in [-0.2, -0.15) is 0 Å². The molecule has 0 saturated carbocycles. The monoisotopic (exact) mass is 285 g/mol. The van der Waals surface area contributed by atoms with Crippen molar-refractivity contribution in [1.82, 2.24) is 5.32 Å². The van der Waals surface area contributed by atoms with Crippen LogP contribution in [0.3, 0.4) is 0 Å². The normalized spacial score (nSPS) is 11.6. The summed E-state index contributed by atoms with van der Waals surface area (Å²) in [6.45, 7) is 0.195. The molecule has 0 radical (unpaired) electrons. The second-order valence-corrected chi connectivity index (χ2v) is 4.17. The number of hydrogen-bond donors (Lipinski definition) is 1. The van der Waals surface area contributed by atoms with Gasteiger partial charge in [-0.25, -0.2) is 0 Å². The lowest BCUT2D eigenvalue weighted by atomic mass is 10.2. The highest BCUT2D eigenvalue weighted by Gasteiger charge is 2.16. The first-order chi connectivity index (χ1) is 7.65. The summed E-state index contributed by atoms with van der Waals surface area (Å²) in [5.41, 5.74) is 0.562. The zero-order valence-electron chi connectivity index (χ0n) is 8.77. The zero-order chi connectivity index (χ0) is 12.0. The molecule has 0 aliphatic rings. The van der Waals surface area contributed by atoms with E-state index in [1.165, 1.54) is 7.11 Å². The Balaban J connectivity index is 2.45. The van der Waals surface area contributed by atoms with Crippen LogP contribution in [0.15, 0.2) is 30.3 Å². The highest BCUT2D eigenvalue weighted by Crippen LogP contribution is 2.02. The summed E-state index contributed by atoms with van der Waals surface area (Å²) in [5, 5.41) is 2.63. The molecular formula is C11H12BrNO3. The van der Waals surface area contributed by atoms with E-state index >= 15 is 0 Å². The van der Waals surface area contributed by atoms with Crippen LogP contribution in [0.4, 0.5) is 0 Å². The number of carbonyl (C=O) groups excluding carboxylic acids is 2. The van der Waals surface area contributed by atoms with E-state index in [0.717, 1.165) is 0 Å². The third-order valence-corrected chi connectivity index (χ3v) is 2.63. The van der Waals surface area contributed by atoms with Crippen LogP contribution >= 0.6 is 15.9 Å². The maximum absolute atomic E-state index is 11.6. The van der Waals surface area contributed by atoms with Crippen molar-refractivity contribution in [2.24, 2.45) is 0 Å². The molecule has 0 saturated heterocycles. The molecule has 0 bridgehead atoms. The number of halogens is 1. The van der Waals surface area contributed by atoms with E-state index in [9.17, 15) is 9.59 Å². The molecule has 0 aliphatic carbocycles. The average Bonchev–Trinajstić information content (AvgIpc) is 2.35. The summed E-state index contributed by atoms with van der Waals surface area (Å²) in [4.78, 5) is 22.1. The minimum Gasteiger partial charge on any atom is -0.468 e. The summed E-state index contributed by atoms with van der Waals surface area (Å²) in [6, 6.07) is 8.80. The molecule has 1 aromatic rings. The van der Waals surface area contributed by atoms with Crippen LogP contribution in [0, 0.1) is 0 Å². The molecule has 86 valence electrons. The van der Waals surface area contributed by atoms with Crippen LogP contribution in [-0.4, -0.2) is 30.4 Å². The molecule has 0 heterocycles. The van der Waals surface area contributed by atoms with Crippen LogP contribution in [0.5, 0.6) is 0 Å². The number of amides is 1. The van der Waals surface area contributed by atoms with Crippen LogP contribution in [0.1, 0.15) is 10.4 Å². The second-order valence-electron chi connectivity index (χ2n) is 3.07. The molecule has 1 aromatic carbocycles. The van der Waals surface area contributed by atoms with E-state index in [2.05, 4.69) is 26.0 Å². The Morgan fingerprint density at radius 1 is 1.38 bits per heavy atom. The van der Waals surface area contributed by atoms with Crippen molar-refractivity contribution in [1.29, 1.82) is 0 Å². The van der Waals surface area contributed by atoms with Crippen LogP contribution in [0.25, 0.3) is 0 Å². The molecule has 1 atom stereocenters. The Hall–Kier alpha value is -1.36. The molecule has 0 fully saturated rings. The summed E-state index contributed by atoms with van der Waals surface area (Å²) >= 11 is 3.12. The standard InChI is InChI=1S/C11H12BrNO3/c1-16-11(15)9(12)7-13-10(14)8-5-3-2-4-6-8/h2-6,9H,7H2,1H3,(H,13,14). The van der Waals surface area contributed by atoms with E-state index in [0.29, 0.717) is 5.56 Å². The van der Waals surface area contributed by atoms with Gasteiger partial charge in [-0.05, 0) is 12.1 Å². The predicted molar refractivity (Wildman–Crippen MR) is 63.5 cm³/mol. The van der Waals surface area contributed by atoms with Gasteiger partial charge >= 0.3 is 5.97 Å². The Morgan fingerprint density at radius 3 is 2.56 bits per heavy atom. The molecule has 0 aromatic heterocycles. The van der Waals surface area contributed by atoms with E-state index in [1.807, 2.05) is 6.07 Å². The van der Waals surface area contributed by atoms with Crippen molar-refractivity contribution in [3.8, 4) is 0 Å². The van der Waals surface area contributed by atoms with Crippen LogP contribution in [0.2, 0.25) is 0 Å². The van der Waals surface area contributed by atoms with Gasteiger partial charge in [0.1, 0.15) is 4.83 Å². The minimum atomic E-state index is -0.523. The molecule has 1 unspecified atom stereocenters. The molecule has 16 heavy (non-hydrogen) atoms. The maximum atomic E-state index is 11.6. The number of ether oxygens (including phenoxy) is 1. The Kier molecular flexibility index (Phi) is 4.98. The number of alkyl halides is 1. The lowest BCUT2D eigenvalue weighted by Gasteiger charge is -2.09. The van der Waals surface area contributed by atoms with E-state index in [1.54, 1.807) is 24.3 Å². The van der Waals surface area contributed by atoms with Gasteiger partial charge in [0.25, 0.3) is 5.91 Å². The first-order valence-electron chi connectivity index (χ1n) is 4.70. The highest BCUT2D eigenvalue weighted by molar-refractivity contribution is 9.10. The van der Waals surface area contributed by atoms with Gasteiger partial charge in [0.15, 0.2) is 0 Å². The quantitative estimate of drug-likeness (QED) is 0.671. The lowest BCUT2D eigenvalue weighted by Crippen LogP contribution is -2.33. The Morgan fingerprint density at radius 2 is 2.00 bits per heavy atom. The highest BCUT2D eigenvalue weighted by atomic mass is 79.9. The summed E-state index contributed by atoms with van der Waals surface area (Å²) in [7, 11) is 1.30. The van der Waals surface area contributed by atoms with E-state index < -0.39 is 10.8 Å². The average molecular weight is 286 g/mol. The number of rotatable bonds is 4. The minimum absolute atomic E-state index is 0.195. The fraction of sp³-hybridized carbons (Fsp3) is 0.273. The fourth-order valence-corrected chi connectivity index (χ4v) is 1.43. The third kappa shape index (κ3) is 3.66. The molecule has 1 amide bonds. The molecule has 1 N–H and O–H groups in total. The first kappa shape index (κ1) is 12.7. The lowest BCUT2D eigenvalue weighted by molar-refractivity contribution is -0.139. The second kappa shape index (κ2) is 6.27. The van der Waals surface area contributed by atoms with Gasteiger partial charge in [0.2, 0.25) is 0 Å². The molecule has 5 heteroatoms.